The minimum absolute atomic E-state index is 0.104. The van der Waals surface area contributed by atoms with Gasteiger partial charge in [-0.25, -0.2) is 0 Å². The van der Waals surface area contributed by atoms with E-state index in [9.17, 15) is 10.1 Å². The Morgan fingerprint density at radius 2 is 1.79 bits per heavy atom. The molecule has 1 aliphatic rings. The molecule has 8 nitrogen and oxygen atoms in total. The summed E-state index contributed by atoms with van der Waals surface area (Å²) in [6.45, 7) is 3.42. The summed E-state index contributed by atoms with van der Waals surface area (Å²) < 4.78 is 16.6. The maximum absolute atomic E-state index is 11.7. The van der Waals surface area contributed by atoms with E-state index in [1.54, 1.807) is 6.07 Å². The molecule has 0 spiro atoms. The molecule has 3 aromatic rings. The van der Waals surface area contributed by atoms with Crippen LogP contribution in [0.15, 0.2) is 71.7 Å². The highest BCUT2D eigenvalue weighted by atomic mass is 16.6. The third-order valence-corrected chi connectivity index (χ3v) is 5.33. The summed E-state index contributed by atoms with van der Waals surface area (Å²) in [4.78, 5) is 18.0. The molecule has 8 heteroatoms. The highest BCUT2D eigenvalue weighted by Gasteiger charge is 2.19. The normalized spacial score (nSPS) is 13.8. The molecule has 170 valence electrons. The van der Waals surface area contributed by atoms with Gasteiger partial charge in [-0.05, 0) is 35.9 Å². The van der Waals surface area contributed by atoms with E-state index < -0.39 is 4.92 Å². The fourth-order valence-corrected chi connectivity index (χ4v) is 3.55. The summed E-state index contributed by atoms with van der Waals surface area (Å²) in [6, 6.07) is 20.3. The average molecular weight is 447 g/mol. The standard InChI is InChI=1S/C25H25N3O5/c1-31-24-15-20(17-26-21-7-9-22(10-8-21)27-11-13-32-14-12-27)23(28(29)30)16-25(24)33-18-19-5-3-2-4-6-19/h2-10,15-17H,11-14,18H2,1H3. The van der Waals surface area contributed by atoms with Gasteiger partial charge < -0.3 is 19.1 Å². The van der Waals surface area contributed by atoms with Crippen molar-refractivity contribution >= 4 is 23.3 Å². The molecular formula is C25H25N3O5. The summed E-state index contributed by atoms with van der Waals surface area (Å²) in [7, 11) is 1.50. The lowest BCUT2D eigenvalue weighted by Crippen LogP contribution is -2.36. The van der Waals surface area contributed by atoms with E-state index in [1.807, 2.05) is 54.6 Å². The molecule has 0 unspecified atom stereocenters. The van der Waals surface area contributed by atoms with E-state index in [2.05, 4.69) is 9.89 Å². The van der Waals surface area contributed by atoms with Crippen LogP contribution in [0.3, 0.4) is 0 Å². The number of benzene rings is 3. The number of nitro benzene ring substituents is 1. The van der Waals surface area contributed by atoms with Crippen molar-refractivity contribution in [2.75, 3.05) is 38.3 Å². The predicted molar refractivity (Wildman–Crippen MR) is 127 cm³/mol. The second kappa shape index (κ2) is 10.6. The fourth-order valence-electron chi connectivity index (χ4n) is 3.55. The van der Waals surface area contributed by atoms with Gasteiger partial charge in [0.15, 0.2) is 11.5 Å². The van der Waals surface area contributed by atoms with Crippen molar-refractivity contribution in [2.24, 2.45) is 4.99 Å². The fraction of sp³-hybridized carbons (Fsp3) is 0.240. The van der Waals surface area contributed by atoms with Gasteiger partial charge in [-0.1, -0.05) is 30.3 Å². The zero-order chi connectivity index (χ0) is 23.0. The zero-order valence-corrected chi connectivity index (χ0v) is 18.3. The minimum Gasteiger partial charge on any atom is -0.493 e. The first-order chi connectivity index (χ1) is 16.1. The molecule has 1 saturated heterocycles. The van der Waals surface area contributed by atoms with Gasteiger partial charge in [-0.2, -0.15) is 0 Å². The summed E-state index contributed by atoms with van der Waals surface area (Å²) in [5.41, 5.74) is 2.98. The second-order valence-corrected chi connectivity index (χ2v) is 7.47. The maximum atomic E-state index is 11.7. The molecule has 0 saturated carbocycles. The Morgan fingerprint density at radius 3 is 2.45 bits per heavy atom. The SMILES string of the molecule is COc1cc(C=Nc2ccc(N3CCOCC3)cc2)c([N+](=O)[O-])cc1OCc1ccccc1. The van der Waals surface area contributed by atoms with E-state index in [-0.39, 0.29) is 12.3 Å². The Balaban J connectivity index is 1.53. The van der Waals surface area contributed by atoms with Crippen molar-refractivity contribution in [2.45, 2.75) is 6.61 Å². The van der Waals surface area contributed by atoms with E-state index in [0.29, 0.717) is 22.7 Å². The van der Waals surface area contributed by atoms with Crippen molar-refractivity contribution < 1.29 is 19.1 Å². The number of methoxy groups -OCH3 is 1. The lowest BCUT2D eigenvalue weighted by Gasteiger charge is -2.28. The number of rotatable bonds is 8. The molecule has 33 heavy (non-hydrogen) atoms. The maximum Gasteiger partial charge on any atom is 0.282 e. The van der Waals surface area contributed by atoms with Crippen LogP contribution in [0.4, 0.5) is 17.1 Å². The van der Waals surface area contributed by atoms with Gasteiger partial charge in [-0.15, -0.1) is 0 Å². The van der Waals surface area contributed by atoms with E-state index in [4.69, 9.17) is 14.2 Å². The smallest absolute Gasteiger partial charge is 0.282 e. The van der Waals surface area contributed by atoms with Crippen molar-refractivity contribution in [3.8, 4) is 11.5 Å². The molecular weight excluding hydrogens is 422 g/mol. The third kappa shape index (κ3) is 5.67. The average Bonchev–Trinajstić information content (AvgIpc) is 2.87. The van der Waals surface area contributed by atoms with Crippen LogP contribution in [0.25, 0.3) is 0 Å². The Kier molecular flexibility index (Phi) is 7.16. The Hall–Kier alpha value is -3.91. The highest BCUT2D eigenvalue weighted by molar-refractivity contribution is 5.88. The largest absolute Gasteiger partial charge is 0.493 e. The van der Waals surface area contributed by atoms with Gasteiger partial charge in [0.1, 0.15) is 6.61 Å². The first kappa shape index (κ1) is 22.3. The molecule has 1 heterocycles. The summed E-state index contributed by atoms with van der Waals surface area (Å²) >= 11 is 0. The van der Waals surface area contributed by atoms with Crippen LogP contribution in [-0.4, -0.2) is 44.6 Å². The highest BCUT2D eigenvalue weighted by Crippen LogP contribution is 2.35. The van der Waals surface area contributed by atoms with Crippen LogP contribution in [0.1, 0.15) is 11.1 Å². The van der Waals surface area contributed by atoms with E-state index >= 15 is 0 Å². The lowest BCUT2D eigenvalue weighted by atomic mass is 10.1. The van der Waals surface area contributed by atoms with Crippen molar-refractivity contribution in [3.05, 3.63) is 88.0 Å². The van der Waals surface area contributed by atoms with Crippen LogP contribution in [0.5, 0.6) is 11.5 Å². The summed E-state index contributed by atoms with van der Waals surface area (Å²) in [6.07, 6.45) is 1.48. The Morgan fingerprint density at radius 1 is 1.06 bits per heavy atom. The topological polar surface area (TPSA) is 86.4 Å². The van der Waals surface area contributed by atoms with Crippen molar-refractivity contribution in [1.82, 2.24) is 0 Å². The van der Waals surface area contributed by atoms with Crippen LogP contribution in [0.2, 0.25) is 0 Å². The third-order valence-electron chi connectivity index (χ3n) is 5.33. The zero-order valence-electron chi connectivity index (χ0n) is 18.3. The molecule has 4 rings (SSSR count). The summed E-state index contributed by atoms with van der Waals surface area (Å²) in [5, 5.41) is 11.7. The van der Waals surface area contributed by atoms with Crippen LogP contribution < -0.4 is 14.4 Å². The number of nitro groups is 1. The molecule has 0 amide bonds. The number of aliphatic imine (C=N–C) groups is 1. The van der Waals surface area contributed by atoms with Gasteiger partial charge >= 0.3 is 0 Å². The quantitative estimate of drug-likeness (QED) is 0.281. The second-order valence-electron chi connectivity index (χ2n) is 7.47. The van der Waals surface area contributed by atoms with Gasteiger partial charge in [0.25, 0.3) is 5.69 Å². The van der Waals surface area contributed by atoms with Crippen LogP contribution in [0, 0.1) is 10.1 Å². The van der Waals surface area contributed by atoms with E-state index in [0.717, 1.165) is 37.6 Å². The predicted octanol–water partition coefficient (Wildman–Crippen LogP) is 4.77. The van der Waals surface area contributed by atoms with E-state index in [1.165, 1.54) is 19.4 Å². The van der Waals surface area contributed by atoms with Crippen molar-refractivity contribution in [3.63, 3.8) is 0 Å². The lowest BCUT2D eigenvalue weighted by molar-refractivity contribution is -0.385. The molecule has 3 aromatic carbocycles. The monoisotopic (exact) mass is 447 g/mol. The molecule has 0 aliphatic carbocycles. The van der Waals surface area contributed by atoms with Crippen LogP contribution >= 0.6 is 0 Å². The number of ether oxygens (including phenoxy) is 3. The summed E-state index contributed by atoms with van der Waals surface area (Å²) in [5.74, 6) is 0.709. The van der Waals surface area contributed by atoms with Gasteiger partial charge in [0, 0.05) is 25.0 Å². The number of anilines is 1. The number of morpholine rings is 1. The molecule has 0 bridgehead atoms. The molecule has 0 aromatic heterocycles. The first-order valence-corrected chi connectivity index (χ1v) is 10.6. The Bertz CT molecular complexity index is 1110. The number of hydrogen-bond acceptors (Lipinski definition) is 7. The van der Waals surface area contributed by atoms with Gasteiger partial charge in [0.2, 0.25) is 0 Å². The minimum atomic E-state index is -0.447. The molecule has 0 radical (unpaired) electrons. The molecule has 1 fully saturated rings. The van der Waals surface area contributed by atoms with Gasteiger partial charge in [-0.3, -0.25) is 15.1 Å². The molecule has 1 aliphatic heterocycles. The van der Waals surface area contributed by atoms with Gasteiger partial charge in [0.05, 0.1) is 42.6 Å². The Labute approximate surface area is 192 Å². The van der Waals surface area contributed by atoms with Crippen LogP contribution in [-0.2, 0) is 11.3 Å². The first-order valence-electron chi connectivity index (χ1n) is 10.6. The number of hydrogen-bond donors (Lipinski definition) is 0. The molecule has 0 N–H and O–H groups in total. The van der Waals surface area contributed by atoms with Crippen molar-refractivity contribution in [1.29, 1.82) is 0 Å². The number of nitrogens with zero attached hydrogens (tertiary/aromatic N) is 3. The molecule has 0 atom stereocenters.